The Labute approximate surface area is 174 Å². The Kier molecular flexibility index (Phi) is 5.57. The zero-order valence-corrected chi connectivity index (χ0v) is 16.9. The smallest absolute Gasteiger partial charge is 0.226 e. The molecule has 2 aromatic heterocycles. The van der Waals surface area contributed by atoms with E-state index in [2.05, 4.69) is 15.6 Å². The zero-order chi connectivity index (χ0) is 20.2. The highest BCUT2D eigenvalue weighted by Crippen LogP contribution is 2.39. The van der Waals surface area contributed by atoms with Crippen LogP contribution in [-0.2, 0) is 4.79 Å². The largest absolute Gasteiger partial charge is 0.464 e. The van der Waals surface area contributed by atoms with Gasteiger partial charge in [0.25, 0.3) is 0 Å². The average molecular weight is 407 g/mol. The van der Waals surface area contributed by atoms with Crippen LogP contribution in [0.3, 0.4) is 0 Å². The molecule has 1 amide bonds. The molecule has 1 aromatic carbocycles. The maximum Gasteiger partial charge on any atom is 0.226 e. The first-order valence-electron chi connectivity index (χ1n) is 9.51. The number of nitrogens with one attached hydrogen (secondary N) is 2. The van der Waals surface area contributed by atoms with Crippen molar-refractivity contribution in [2.24, 2.45) is 0 Å². The second-order valence-electron chi connectivity index (χ2n) is 6.93. The SMILES string of the molecule is Cc1ccc([C@@H]2[C@@H](c3ccccn3)NC(=S)N2CCC(=O)Nc2ccccc2)o1. The maximum atomic E-state index is 12.4. The molecule has 3 heterocycles. The van der Waals surface area contributed by atoms with Gasteiger partial charge >= 0.3 is 0 Å². The van der Waals surface area contributed by atoms with Crippen molar-refractivity contribution >= 4 is 28.9 Å². The number of hydrogen-bond acceptors (Lipinski definition) is 4. The minimum Gasteiger partial charge on any atom is -0.464 e. The second-order valence-corrected chi connectivity index (χ2v) is 7.32. The number of benzene rings is 1. The first-order chi connectivity index (χ1) is 14.1. The van der Waals surface area contributed by atoms with Gasteiger partial charge in [-0.2, -0.15) is 0 Å². The van der Waals surface area contributed by atoms with Crippen molar-refractivity contribution in [1.82, 2.24) is 15.2 Å². The first kappa shape index (κ1) is 19.1. The van der Waals surface area contributed by atoms with E-state index >= 15 is 0 Å². The third kappa shape index (κ3) is 4.30. The van der Waals surface area contributed by atoms with E-state index < -0.39 is 0 Å². The number of thiocarbonyl (C=S) groups is 1. The molecule has 148 valence electrons. The Balaban J connectivity index is 1.52. The molecule has 3 aromatic rings. The molecule has 0 spiro atoms. The van der Waals surface area contributed by atoms with Crippen molar-refractivity contribution in [2.45, 2.75) is 25.4 Å². The van der Waals surface area contributed by atoms with Crippen LogP contribution in [0.4, 0.5) is 5.69 Å². The van der Waals surface area contributed by atoms with Gasteiger partial charge in [-0.3, -0.25) is 9.78 Å². The van der Waals surface area contributed by atoms with E-state index in [0.717, 1.165) is 22.9 Å². The number of furan rings is 1. The number of rotatable bonds is 6. The molecule has 2 N–H and O–H groups in total. The first-order valence-corrected chi connectivity index (χ1v) is 9.92. The van der Waals surface area contributed by atoms with Gasteiger partial charge in [0.05, 0.1) is 11.7 Å². The molecule has 1 fully saturated rings. The van der Waals surface area contributed by atoms with Gasteiger partial charge in [-0.25, -0.2) is 0 Å². The lowest BCUT2D eigenvalue weighted by Gasteiger charge is -2.25. The molecule has 0 aliphatic carbocycles. The molecule has 2 atom stereocenters. The van der Waals surface area contributed by atoms with Gasteiger partial charge in [0, 0.05) is 24.8 Å². The van der Waals surface area contributed by atoms with Crippen molar-refractivity contribution < 1.29 is 9.21 Å². The molecule has 1 saturated heterocycles. The van der Waals surface area contributed by atoms with E-state index in [1.54, 1.807) is 6.20 Å². The molecule has 1 aliphatic rings. The van der Waals surface area contributed by atoms with Gasteiger partial charge in [-0.05, 0) is 55.5 Å². The molecule has 4 rings (SSSR count). The summed E-state index contributed by atoms with van der Waals surface area (Å²) in [5.41, 5.74) is 1.66. The Morgan fingerprint density at radius 1 is 1.17 bits per heavy atom. The fraction of sp³-hybridized carbons (Fsp3) is 0.227. The molecule has 0 radical (unpaired) electrons. The lowest BCUT2D eigenvalue weighted by Crippen LogP contribution is -2.32. The summed E-state index contributed by atoms with van der Waals surface area (Å²) < 4.78 is 5.93. The molecule has 0 bridgehead atoms. The fourth-order valence-electron chi connectivity index (χ4n) is 3.53. The summed E-state index contributed by atoms with van der Waals surface area (Å²) in [6.07, 6.45) is 2.07. The van der Waals surface area contributed by atoms with Crippen LogP contribution in [-0.4, -0.2) is 27.4 Å². The van der Waals surface area contributed by atoms with Crippen molar-refractivity contribution in [1.29, 1.82) is 0 Å². The summed E-state index contributed by atoms with van der Waals surface area (Å²) in [4.78, 5) is 18.9. The fourth-order valence-corrected chi connectivity index (χ4v) is 3.87. The molecular weight excluding hydrogens is 384 g/mol. The Morgan fingerprint density at radius 3 is 2.66 bits per heavy atom. The van der Waals surface area contributed by atoms with E-state index in [0.29, 0.717) is 18.1 Å². The quantitative estimate of drug-likeness (QED) is 0.604. The van der Waals surface area contributed by atoms with Gasteiger partial charge in [-0.15, -0.1) is 0 Å². The van der Waals surface area contributed by atoms with E-state index in [1.807, 2.05) is 72.5 Å². The number of carbonyl (C=O) groups excluding carboxylic acids is 1. The standard InChI is InChI=1S/C22H22N4O2S/c1-15-10-11-18(28-15)21-20(17-9-5-6-13-23-17)25-22(29)26(21)14-12-19(27)24-16-7-3-2-4-8-16/h2-11,13,20-21H,12,14H2,1H3,(H,24,27)(H,25,29)/t20-,21-/m1/s1. The number of aryl methyl sites for hydroxylation is 1. The number of pyridine rings is 1. The molecule has 7 heteroatoms. The zero-order valence-electron chi connectivity index (χ0n) is 16.0. The summed E-state index contributed by atoms with van der Waals surface area (Å²) in [6, 6.07) is 18.8. The Hall–Kier alpha value is -3.19. The number of aromatic nitrogens is 1. The van der Waals surface area contributed by atoms with Crippen LogP contribution >= 0.6 is 12.2 Å². The van der Waals surface area contributed by atoms with E-state index in [-0.39, 0.29) is 18.0 Å². The van der Waals surface area contributed by atoms with Crippen LogP contribution in [0.15, 0.2) is 71.3 Å². The number of carbonyl (C=O) groups is 1. The highest BCUT2D eigenvalue weighted by Gasteiger charge is 2.41. The number of nitrogens with zero attached hydrogens (tertiary/aromatic N) is 2. The lowest BCUT2D eigenvalue weighted by molar-refractivity contribution is -0.116. The molecule has 0 saturated carbocycles. The number of para-hydroxylation sites is 1. The molecular formula is C22H22N4O2S. The van der Waals surface area contributed by atoms with Gasteiger partial charge in [0.2, 0.25) is 5.91 Å². The maximum absolute atomic E-state index is 12.4. The minimum atomic E-state index is -0.171. The van der Waals surface area contributed by atoms with Crippen LogP contribution in [0.2, 0.25) is 0 Å². The summed E-state index contributed by atoms with van der Waals surface area (Å²) in [6.45, 7) is 2.38. The number of anilines is 1. The second kappa shape index (κ2) is 8.45. The third-order valence-corrected chi connectivity index (χ3v) is 5.24. The molecule has 6 nitrogen and oxygen atoms in total. The normalized spacial score (nSPS) is 18.5. The predicted octanol–water partition coefficient (Wildman–Crippen LogP) is 3.98. The summed E-state index contributed by atoms with van der Waals surface area (Å²) in [5, 5.41) is 6.86. The van der Waals surface area contributed by atoms with Crippen LogP contribution in [0, 0.1) is 6.92 Å². The van der Waals surface area contributed by atoms with Crippen molar-refractivity contribution in [3.05, 3.63) is 84.1 Å². The topological polar surface area (TPSA) is 70.4 Å². The number of hydrogen-bond donors (Lipinski definition) is 2. The lowest BCUT2D eigenvalue weighted by atomic mass is 10.0. The van der Waals surface area contributed by atoms with Crippen molar-refractivity contribution in [3.63, 3.8) is 0 Å². The average Bonchev–Trinajstić information content (AvgIpc) is 3.30. The van der Waals surface area contributed by atoms with Gasteiger partial charge < -0.3 is 20.0 Å². The highest BCUT2D eigenvalue weighted by molar-refractivity contribution is 7.80. The third-order valence-electron chi connectivity index (χ3n) is 4.89. The minimum absolute atomic E-state index is 0.0605. The predicted molar refractivity (Wildman–Crippen MR) is 115 cm³/mol. The van der Waals surface area contributed by atoms with E-state index in [4.69, 9.17) is 16.6 Å². The van der Waals surface area contributed by atoms with Crippen LogP contribution in [0.25, 0.3) is 0 Å². The van der Waals surface area contributed by atoms with Gasteiger partial charge in [0.15, 0.2) is 5.11 Å². The highest BCUT2D eigenvalue weighted by atomic mass is 32.1. The van der Waals surface area contributed by atoms with E-state index in [9.17, 15) is 4.79 Å². The van der Waals surface area contributed by atoms with Crippen molar-refractivity contribution in [2.75, 3.05) is 11.9 Å². The van der Waals surface area contributed by atoms with Gasteiger partial charge in [0.1, 0.15) is 17.6 Å². The molecule has 1 aliphatic heterocycles. The van der Waals surface area contributed by atoms with Gasteiger partial charge in [-0.1, -0.05) is 24.3 Å². The molecule has 29 heavy (non-hydrogen) atoms. The Morgan fingerprint density at radius 2 is 1.97 bits per heavy atom. The summed E-state index contributed by atoms with van der Waals surface area (Å²) in [5.74, 6) is 1.57. The van der Waals surface area contributed by atoms with Crippen molar-refractivity contribution in [3.8, 4) is 0 Å². The number of amides is 1. The summed E-state index contributed by atoms with van der Waals surface area (Å²) >= 11 is 5.60. The summed E-state index contributed by atoms with van der Waals surface area (Å²) in [7, 11) is 0. The Bertz CT molecular complexity index is 990. The molecule has 0 unspecified atom stereocenters. The monoisotopic (exact) mass is 406 g/mol. The van der Waals surface area contributed by atoms with Crippen LogP contribution < -0.4 is 10.6 Å². The van der Waals surface area contributed by atoms with E-state index in [1.165, 1.54) is 0 Å². The van der Waals surface area contributed by atoms with Crippen LogP contribution in [0.1, 0.15) is 35.7 Å². The van der Waals surface area contributed by atoms with Crippen LogP contribution in [0.5, 0.6) is 0 Å².